The molecule has 0 heterocycles. The smallest absolute Gasteiger partial charge is 0.383 e. The third kappa shape index (κ3) is 4.88. The molecular weight excluding hydrogens is 313 g/mol. The maximum absolute atomic E-state index is 12.0. The number of hydrogen-bond acceptors (Lipinski definition) is 4. The molecule has 4 nitrogen and oxygen atoms in total. The molecule has 114 valence electrons. The zero-order valence-electron chi connectivity index (χ0n) is 10.9. The van der Waals surface area contributed by atoms with Crippen molar-refractivity contribution < 1.29 is 21.6 Å². The Kier molecular flexibility index (Phi) is 5.72. The maximum Gasteiger partial charge on any atom is 0.441 e. The lowest BCUT2D eigenvalue weighted by Gasteiger charge is -2.16. The van der Waals surface area contributed by atoms with E-state index in [1.807, 2.05) is 0 Å². The molecule has 0 saturated carbocycles. The van der Waals surface area contributed by atoms with E-state index < -0.39 is 15.5 Å². The number of para-hydroxylation sites is 1. The van der Waals surface area contributed by atoms with Crippen LogP contribution in [0.3, 0.4) is 0 Å². The molecule has 0 aliphatic carbocycles. The molecule has 0 radical (unpaired) electrons. The highest BCUT2D eigenvalue weighted by molar-refractivity contribution is 8.00. The van der Waals surface area contributed by atoms with E-state index in [0.717, 1.165) is 4.31 Å². The minimum absolute atomic E-state index is 0.0180. The number of rotatable bonds is 6. The Labute approximate surface area is 120 Å². The molecule has 1 aromatic carbocycles. The monoisotopic (exact) mass is 328 g/mol. The van der Waals surface area contributed by atoms with E-state index in [0.29, 0.717) is 5.69 Å². The van der Waals surface area contributed by atoms with Gasteiger partial charge >= 0.3 is 5.51 Å². The summed E-state index contributed by atoms with van der Waals surface area (Å²) in [5.74, 6) is -0.195. The third-order valence-corrected chi connectivity index (χ3v) is 4.94. The van der Waals surface area contributed by atoms with Crippen LogP contribution in [0.1, 0.15) is 0 Å². The summed E-state index contributed by atoms with van der Waals surface area (Å²) in [6.45, 7) is 0.0180. The molecule has 0 unspecified atom stereocenters. The van der Waals surface area contributed by atoms with Crippen molar-refractivity contribution in [2.45, 2.75) is 10.4 Å². The molecule has 20 heavy (non-hydrogen) atoms. The average molecular weight is 328 g/mol. The zero-order valence-corrected chi connectivity index (χ0v) is 12.6. The predicted molar refractivity (Wildman–Crippen MR) is 74.3 cm³/mol. The Hall–Kier alpha value is -0.930. The van der Waals surface area contributed by atoms with E-state index >= 15 is 0 Å². The summed E-state index contributed by atoms with van der Waals surface area (Å²) in [6.07, 6.45) is 0. The van der Waals surface area contributed by atoms with Crippen LogP contribution in [0.5, 0.6) is 0 Å². The van der Waals surface area contributed by atoms with Crippen LogP contribution < -0.4 is 5.32 Å². The molecule has 0 saturated heterocycles. The van der Waals surface area contributed by atoms with Crippen molar-refractivity contribution in [3.05, 3.63) is 24.3 Å². The van der Waals surface area contributed by atoms with Gasteiger partial charge in [0.25, 0.3) is 0 Å². The molecule has 0 aromatic heterocycles. The molecule has 1 N–H and O–H groups in total. The van der Waals surface area contributed by atoms with Gasteiger partial charge in [0.1, 0.15) is 4.90 Å². The van der Waals surface area contributed by atoms with Gasteiger partial charge in [-0.2, -0.15) is 13.2 Å². The fourth-order valence-corrected chi connectivity index (χ4v) is 2.88. The highest BCUT2D eigenvalue weighted by Gasteiger charge is 2.27. The Morgan fingerprint density at radius 3 is 2.40 bits per heavy atom. The van der Waals surface area contributed by atoms with Crippen molar-refractivity contribution >= 4 is 27.5 Å². The molecule has 1 aromatic rings. The number of anilines is 1. The number of alkyl halides is 3. The summed E-state index contributed by atoms with van der Waals surface area (Å²) in [4.78, 5) is 0.0435. The minimum atomic E-state index is -4.28. The van der Waals surface area contributed by atoms with Gasteiger partial charge in [0.15, 0.2) is 0 Å². The van der Waals surface area contributed by atoms with E-state index in [2.05, 4.69) is 5.32 Å². The maximum atomic E-state index is 12.0. The van der Waals surface area contributed by atoms with Crippen LogP contribution in [-0.4, -0.2) is 44.6 Å². The molecule has 0 aliphatic heterocycles. The van der Waals surface area contributed by atoms with Gasteiger partial charge in [-0.25, -0.2) is 12.7 Å². The molecule has 0 fully saturated rings. The normalized spacial score (nSPS) is 12.7. The summed E-state index contributed by atoms with van der Waals surface area (Å²) < 4.78 is 61.1. The number of halogens is 3. The summed E-state index contributed by atoms with van der Waals surface area (Å²) >= 11 is -0.150. The average Bonchev–Trinajstić information content (AvgIpc) is 2.33. The highest BCUT2D eigenvalue weighted by atomic mass is 32.2. The third-order valence-electron chi connectivity index (χ3n) is 2.33. The summed E-state index contributed by atoms with van der Waals surface area (Å²) in [7, 11) is -0.842. The van der Waals surface area contributed by atoms with Gasteiger partial charge in [-0.15, -0.1) is 0 Å². The molecule has 0 atom stereocenters. The van der Waals surface area contributed by atoms with Gasteiger partial charge < -0.3 is 5.32 Å². The fraction of sp³-hybridized carbons (Fsp3) is 0.455. The SMILES string of the molecule is CN(C)S(=O)(=O)c1ccccc1NCCSC(F)(F)F. The van der Waals surface area contributed by atoms with Gasteiger partial charge in [0.05, 0.1) is 5.69 Å². The number of benzene rings is 1. The summed E-state index contributed by atoms with van der Waals surface area (Å²) in [5.41, 5.74) is -3.99. The second-order valence-electron chi connectivity index (χ2n) is 4.00. The van der Waals surface area contributed by atoms with E-state index in [-0.39, 0.29) is 29.0 Å². The molecule has 9 heteroatoms. The van der Waals surface area contributed by atoms with Crippen molar-refractivity contribution in [3.63, 3.8) is 0 Å². The Morgan fingerprint density at radius 1 is 1.25 bits per heavy atom. The topological polar surface area (TPSA) is 49.4 Å². The van der Waals surface area contributed by atoms with Crippen LogP contribution in [-0.2, 0) is 10.0 Å². The van der Waals surface area contributed by atoms with Gasteiger partial charge in [0, 0.05) is 26.4 Å². The van der Waals surface area contributed by atoms with Crippen LogP contribution in [0.15, 0.2) is 29.2 Å². The van der Waals surface area contributed by atoms with Crippen LogP contribution in [0.25, 0.3) is 0 Å². The molecule has 1 rings (SSSR count). The van der Waals surface area contributed by atoms with E-state index in [4.69, 9.17) is 0 Å². The van der Waals surface area contributed by atoms with Crippen LogP contribution in [0.4, 0.5) is 18.9 Å². The van der Waals surface area contributed by atoms with Gasteiger partial charge in [-0.05, 0) is 23.9 Å². The van der Waals surface area contributed by atoms with E-state index in [9.17, 15) is 21.6 Å². The quantitative estimate of drug-likeness (QED) is 0.816. The lowest BCUT2D eigenvalue weighted by atomic mass is 10.3. The number of hydrogen-bond donors (Lipinski definition) is 1. The number of thioether (sulfide) groups is 1. The molecule has 0 spiro atoms. The first-order valence-corrected chi connectivity index (χ1v) is 8.03. The van der Waals surface area contributed by atoms with Gasteiger partial charge in [-0.1, -0.05) is 12.1 Å². The minimum Gasteiger partial charge on any atom is -0.383 e. The zero-order chi connectivity index (χ0) is 15.4. The van der Waals surface area contributed by atoms with E-state index in [1.165, 1.54) is 26.2 Å². The largest absolute Gasteiger partial charge is 0.441 e. The Bertz CT molecular complexity index is 545. The first-order valence-electron chi connectivity index (χ1n) is 5.61. The van der Waals surface area contributed by atoms with Crippen LogP contribution in [0.2, 0.25) is 0 Å². The van der Waals surface area contributed by atoms with Gasteiger partial charge in [0.2, 0.25) is 10.0 Å². The molecule has 0 aliphatic rings. The lowest BCUT2D eigenvalue weighted by molar-refractivity contribution is -0.0327. The van der Waals surface area contributed by atoms with Crippen molar-refractivity contribution in [1.82, 2.24) is 4.31 Å². The molecule has 0 amide bonds. The standard InChI is InChI=1S/C11H15F3N2O2S2/c1-16(2)20(17,18)10-6-4-3-5-9(10)15-7-8-19-11(12,13)14/h3-6,15H,7-8H2,1-2H3. The summed E-state index contributed by atoms with van der Waals surface area (Å²) in [6, 6.07) is 6.11. The number of sulfonamides is 1. The highest BCUT2D eigenvalue weighted by Crippen LogP contribution is 2.30. The lowest BCUT2D eigenvalue weighted by Crippen LogP contribution is -2.23. The predicted octanol–water partition coefficient (Wildman–Crippen LogP) is 2.60. The van der Waals surface area contributed by atoms with Crippen molar-refractivity contribution in [3.8, 4) is 0 Å². The second-order valence-corrected chi connectivity index (χ2v) is 7.28. The molecular formula is C11H15F3N2O2S2. The van der Waals surface area contributed by atoms with Gasteiger partial charge in [-0.3, -0.25) is 0 Å². The Balaban J connectivity index is 2.78. The van der Waals surface area contributed by atoms with Crippen molar-refractivity contribution in [1.29, 1.82) is 0 Å². The number of nitrogens with one attached hydrogen (secondary N) is 1. The number of nitrogens with zero attached hydrogens (tertiary/aromatic N) is 1. The Morgan fingerprint density at radius 2 is 1.85 bits per heavy atom. The van der Waals surface area contributed by atoms with Crippen molar-refractivity contribution in [2.24, 2.45) is 0 Å². The van der Waals surface area contributed by atoms with Crippen LogP contribution in [0, 0.1) is 0 Å². The second kappa shape index (κ2) is 6.68. The van der Waals surface area contributed by atoms with Crippen molar-refractivity contribution in [2.75, 3.05) is 31.7 Å². The van der Waals surface area contributed by atoms with Crippen LogP contribution >= 0.6 is 11.8 Å². The first kappa shape index (κ1) is 17.1. The molecule has 0 bridgehead atoms. The summed E-state index contributed by atoms with van der Waals surface area (Å²) in [5, 5.41) is 2.72. The fourth-order valence-electron chi connectivity index (χ4n) is 1.39. The van der Waals surface area contributed by atoms with E-state index in [1.54, 1.807) is 12.1 Å². The first-order chi connectivity index (χ1) is 9.14.